The van der Waals surface area contributed by atoms with Crippen molar-refractivity contribution in [3.8, 4) is 17.6 Å². The number of carbonyl (C=O) groups is 1. The summed E-state index contributed by atoms with van der Waals surface area (Å²) >= 11 is 5.82. The van der Waals surface area contributed by atoms with Crippen molar-refractivity contribution in [2.24, 2.45) is 0 Å². The number of anilines is 1. The van der Waals surface area contributed by atoms with Crippen LogP contribution in [0.5, 0.6) is 11.5 Å². The summed E-state index contributed by atoms with van der Waals surface area (Å²) in [6.45, 7) is 3.89. The van der Waals surface area contributed by atoms with Crippen LogP contribution in [0.25, 0.3) is 6.08 Å². The van der Waals surface area contributed by atoms with E-state index in [1.165, 1.54) is 6.08 Å². The molecule has 0 spiro atoms. The fourth-order valence-corrected chi connectivity index (χ4v) is 2.20. The first-order chi connectivity index (χ1) is 12.6. The first kappa shape index (κ1) is 19.1. The molecule has 0 atom stereocenters. The molecule has 2 aromatic carbocycles. The Balaban J connectivity index is 2.29. The van der Waals surface area contributed by atoms with Gasteiger partial charge < -0.3 is 14.8 Å². The maximum Gasteiger partial charge on any atom is 0.266 e. The first-order valence-electron chi connectivity index (χ1n) is 7.68. The van der Waals surface area contributed by atoms with Crippen LogP contribution in [0.3, 0.4) is 0 Å². The molecule has 1 N–H and O–H groups in total. The Bertz CT molecular complexity index is 868. The number of hydrogen-bond acceptors (Lipinski definition) is 4. The molecule has 0 aliphatic rings. The highest BCUT2D eigenvalue weighted by Gasteiger charge is 2.12. The van der Waals surface area contributed by atoms with Crippen LogP contribution in [0.2, 0.25) is 5.02 Å². The van der Waals surface area contributed by atoms with Gasteiger partial charge >= 0.3 is 0 Å². The van der Waals surface area contributed by atoms with Crippen molar-refractivity contribution in [1.82, 2.24) is 0 Å². The molecule has 0 radical (unpaired) electrons. The molecule has 0 aromatic heterocycles. The van der Waals surface area contributed by atoms with Gasteiger partial charge in [-0.1, -0.05) is 24.3 Å². The van der Waals surface area contributed by atoms with Gasteiger partial charge in [0.25, 0.3) is 5.91 Å². The van der Waals surface area contributed by atoms with Crippen LogP contribution >= 0.6 is 11.6 Å². The largest absolute Gasteiger partial charge is 0.497 e. The van der Waals surface area contributed by atoms with Gasteiger partial charge in [-0.2, -0.15) is 5.26 Å². The standard InChI is InChI=1S/C20H17ClN2O3/c1-3-10-26-19-12-18(25-2)9-4-14(19)11-15(13-22)20(24)23-17-7-5-16(21)6-8-17/h3-9,11-12H,1,10H2,2H3,(H,23,24)/b15-11+. The second-order valence-corrected chi connectivity index (χ2v) is 5.57. The normalized spacial score (nSPS) is 10.6. The van der Waals surface area contributed by atoms with E-state index in [1.807, 2.05) is 6.07 Å². The number of benzene rings is 2. The van der Waals surface area contributed by atoms with E-state index in [2.05, 4.69) is 11.9 Å². The molecule has 0 unspecified atom stereocenters. The molecule has 26 heavy (non-hydrogen) atoms. The average Bonchev–Trinajstić information content (AvgIpc) is 2.66. The zero-order valence-electron chi connectivity index (χ0n) is 14.2. The Morgan fingerprint density at radius 2 is 2.04 bits per heavy atom. The fourth-order valence-electron chi connectivity index (χ4n) is 2.07. The molecule has 0 aliphatic carbocycles. The number of nitriles is 1. The van der Waals surface area contributed by atoms with Crippen LogP contribution in [-0.2, 0) is 4.79 Å². The molecule has 6 heteroatoms. The van der Waals surface area contributed by atoms with Crippen molar-refractivity contribution in [3.63, 3.8) is 0 Å². The van der Waals surface area contributed by atoms with E-state index < -0.39 is 5.91 Å². The molecule has 2 rings (SSSR count). The lowest BCUT2D eigenvalue weighted by atomic mass is 10.1. The van der Waals surface area contributed by atoms with Gasteiger partial charge in [-0.15, -0.1) is 0 Å². The highest BCUT2D eigenvalue weighted by Crippen LogP contribution is 2.27. The number of carbonyl (C=O) groups excluding carboxylic acids is 1. The van der Waals surface area contributed by atoms with Crippen LogP contribution in [-0.4, -0.2) is 19.6 Å². The Morgan fingerprint density at radius 1 is 1.31 bits per heavy atom. The molecule has 0 bridgehead atoms. The summed E-state index contributed by atoms with van der Waals surface area (Å²) in [5.74, 6) is 0.557. The number of halogens is 1. The quantitative estimate of drug-likeness (QED) is 0.445. The van der Waals surface area contributed by atoms with E-state index >= 15 is 0 Å². The first-order valence-corrected chi connectivity index (χ1v) is 8.05. The third-order valence-corrected chi connectivity index (χ3v) is 3.60. The smallest absolute Gasteiger partial charge is 0.266 e. The second-order valence-electron chi connectivity index (χ2n) is 5.13. The minimum Gasteiger partial charge on any atom is -0.497 e. The van der Waals surface area contributed by atoms with Crippen molar-refractivity contribution in [2.75, 3.05) is 19.0 Å². The number of amides is 1. The maximum atomic E-state index is 12.4. The number of hydrogen-bond donors (Lipinski definition) is 1. The highest BCUT2D eigenvalue weighted by atomic mass is 35.5. The van der Waals surface area contributed by atoms with E-state index in [9.17, 15) is 10.1 Å². The second kappa shape index (κ2) is 9.30. The van der Waals surface area contributed by atoms with Crippen LogP contribution in [0.15, 0.2) is 60.7 Å². The van der Waals surface area contributed by atoms with E-state index in [-0.39, 0.29) is 12.2 Å². The van der Waals surface area contributed by atoms with E-state index in [1.54, 1.807) is 55.7 Å². The predicted molar refractivity (Wildman–Crippen MR) is 102 cm³/mol. The van der Waals surface area contributed by atoms with Crippen molar-refractivity contribution in [3.05, 3.63) is 71.3 Å². The van der Waals surface area contributed by atoms with Gasteiger partial charge in [0, 0.05) is 22.3 Å². The third kappa shape index (κ3) is 5.13. The molecule has 0 saturated heterocycles. The van der Waals surface area contributed by atoms with Crippen LogP contribution in [0.4, 0.5) is 5.69 Å². The highest BCUT2D eigenvalue weighted by molar-refractivity contribution is 6.30. The minimum absolute atomic E-state index is 0.0615. The van der Waals surface area contributed by atoms with E-state index in [0.29, 0.717) is 27.8 Å². The minimum atomic E-state index is -0.527. The predicted octanol–water partition coefficient (Wildman–Crippen LogP) is 4.46. The summed E-state index contributed by atoms with van der Waals surface area (Å²) in [4.78, 5) is 12.4. The summed E-state index contributed by atoms with van der Waals surface area (Å²) in [5, 5.41) is 12.6. The number of methoxy groups -OCH3 is 1. The lowest BCUT2D eigenvalue weighted by molar-refractivity contribution is -0.112. The number of ether oxygens (including phenoxy) is 2. The Hall–Kier alpha value is -3.23. The average molecular weight is 369 g/mol. The summed E-state index contributed by atoms with van der Waals surface area (Å²) in [6.07, 6.45) is 3.06. The summed E-state index contributed by atoms with van der Waals surface area (Å²) in [6, 6.07) is 13.6. The lowest BCUT2D eigenvalue weighted by Gasteiger charge is -2.10. The molecule has 0 heterocycles. The van der Waals surface area contributed by atoms with Gasteiger partial charge in [-0.05, 0) is 42.5 Å². The molecular weight excluding hydrogens is 352 g/mol. The van der Waals surface area contributed by atoms with Crippen molar-refractivity contribution < 1.29 is 14.3 Å². The molecule has 1 amide bonds. The number of nitrogens with one attached hydrogen (secondary N) is 1. The fraction of sp³-hybridized carbons (Fsp3) is 0.100. The van der Waals surface area contributed by atoms with Gasteiger partial charge in [0.15, 0.2) is 0 Å². The van der Waals surface area contributed by atoms with Crippen molar-refractivity contribution >= 4 is 29.3 Å². The van der Waals surface area contributed by atoms with Crippen LogP contribution in [0.1, 0.15) is 5.56 Å². The third-order valence-electron chi connectivity index (χ3n) is 3.34. The SMILES string of the molecule is C=CCOc1cc(OC)ccc1/C=C(\C#N)C(=O)Nc1ccc(Cl)cc1. The maximum absolute atomic E-state index is 12.4. The zero-order valence-corrected chi connectivity index (χ0v) is 14.9. The van der Waals surface area contributed by atoms with Crippen molar-refractivity contribution in [1.29, 1.82) is 5.26 Å². The van der Waals surface area contributed by atoms with Crippen LogP contribution < -0.4 is 14.8 Å². The van der Waals surface area contributed by atoms with Gasteiger partial charge in [0.05, 0.1) is 7.11 Å². The van der Waals surface area contributed by atoms with Gasteiger partial charge in [0.2, 0.25) is 0 Å². The molecular formula is C20H17ClN2O3. The number of rotatable bonds is 7. The van der Waals surface area contributed by atoms with Gasteiger partial charge in [-0.3, -0.25) is 4.79 Å². The summed E-state index contributed by atoms with van der Waals surface area (Å²) in [7, 11) is 1.54. The topological polar surface area (TPSA) is 71.3 Å². The van der Waals surface area contributed by atoms with E-state index in [0.717, 1.165) is 0 Å². The summed E-state index contributed by atoms with van der Waals surface area (Å²) < 4.78 is 10.8. The summed E-state index contributed by atoms with van der Waals surface area (Å²) in [5.41, 5.74) is 1.06. The lowest BCUT2D eigenvalue weighted by Crippen LogP contribution is -2.13. The molecule has 5 nitrogen and oxygen atoms in total. The van der Waals surface area contributed by atoms with Gasteiger partial charge in [-0.25, -0.2) is 0 Å². The monoisotopic (exact) mass is 368 g/mol. The Labute approximate surface area is 157 Å². The van der Waals surface area contributed by atoms with Crippen LogP contribution in [0, 0.1) is 11.3 Å². The molecule has 0 saturated carbocycles. The Kier molecular flexibility index (Phi) is 6.84. The molecule has 132 valence electrons. The van der Waals surface area contributed by atoms with E-state index in [4.69, 9.17) is 21.1 Å². The zero-order chi connectivity index (χ0) is 18.9. The molecule has 0 fully saturated rings. The number of nitrogens with zero attached hydrogens (tertiary/aromatic N) is 1. The van der Waals surface area contributed by atoms with Crippen molar-refractivity contribution in [2.45, 2.75) is 0 Å². The molecule has 2 aromatic rings. The van der Waals surface area contributed by atoms with Gasteiger partial charge in [0.1, 0.15) is 29.7 Å². The molecule has 0 aliphatic heterocycles. The Morgan fingerprint density at radius 3 is 2.65 bits per heavy atom.